The fraction of sp³-hybridized carbons (Fsp3) is 0.571. The molecule has 3 rings (SSSR count). The fourth-order valence-electron chi connectivity index (χ4n) is 3.35. The first-order valence-electron chi connectivity index (χ1n) is 6.48. The Morgan fingerprint density at radius 2 is 2.12 bits per heavy atom. The second-order valence-corrected chi connectivity index (χ2v) is 5.34. The summed E-state index contributed by atoms with van der Waals surface area (Å²) in [6.45, 7) is 1.20. The quantitative estimate of drug-likeness (QED) is 0.718. The van der Waals surface area contributed by atoms with Gasteiger partial charge in [0.05, 0.1) is 6.61 Å². The van der Waals surface area contributed by atoms with Crippen LogP contribution in [0.4, 0.5) is 0 Å². The van der Waals surface area contributed by atoms with Crippen molar-refractivity contribution in [1.29, 1.82) is 0 Å². The first-order valence-corrected chi connectivity index (χ1v) is 6.48. The maximum atomic E-state index is 9.55. The lowest BCUT2D eigenvalue weighted by Gasteiger charge is -2.42. The highest BCUT2D eigenvalue weighted by Gasteiger charge is 2.47. The van der Waals surface area contributed by atoms with Gasteiger partial charge < -0.3 is 15.7 Å². The van der Waals surface area contributed by atoms with E-state index < -0.39 is 0 Å². The van der Waals surface area contributed by atoms with E-state index in [4.69, 9.17) is 0 Å². The molecule has 0 spiro atoms. The smallest absolute Gasteiger partial charge is 0.0602 e. The number of aliphatic hydroxyl groups is 1. The Kier molecular flexibility index (Phi) is 2.90. The summed E-state index contributed by atoms with van der Waals surface area (Å²) in [4.78, 5) is 0. The zero-order valence-electron chi connectivity index (χ0n) is 10.0. The average molecular weight is 232 g/mol. The summed E-state index contributed by atoms with van der Waals surface area (Å²) in [7, 11) is 0. The van der Waals surface area contributed by atoms with Crippen molar-refractivity contribution in [3.63, 3.8) is 0 Å². The molecule has 1 aromatic rings. The molecule has 1 aromatic carbocycles. The number of rotatable bonds is 3. The Labute approximate surface area is 102 Å². The third kappa shape index (κ3) is 1.99. The Balaban J connectivity index is 1.83. The van der Waals surface area contributed by atoms with Crippen molar-refractivity contribution < 1.29 is 5.11 Å². The first kappa shape index (κ1) is 11.2. The van der Waals surface area contributed by atoms with Gasteiger partial charge in [-0.3, -0.25) is 0 Å². The lowest BCUT2D eigenvalue weighted by Crippen LogP contribution is -2.66. The van der Waals surface area contributed by atoms with E-state index in [2.05, 4.69) is 41.0 Å². The van der Waals surface area contributed by atoms with Crippen LogP contribution in [0.25, 0.3) is 0 Å². The van der Waals surface area contributed by atoms with Crippen molar-refractivity contribution in [3.8, 4) is 0 Å². The topological polar surface area (TPSA) is 44.3 Å². The minimum absolute atomic E-state index is 0.0546. The van der Waals surface area contributed by atoms with E-state index in [1.807, 2.05) is 0 Å². The van der Waals surface area contributed by atoms with Gasteiger partial charge in [0.25, 0.3) is 0 Å². The molecular weight excluding hydrogens is 212 g/mol. The monoisotopic (exact) mass is 232 g/mol. The van der Waals surface area contributed by atoms with Gasteiger partial charge in [-0.1, -0.05) is 30.3 Å². The van der Waals surface area contributed by atoms with E-state index in [9.17, 15) is 5.11 Å². The van der Waals surface area contributed by atoms with Crippen molar-refractivity contribution in [1.82, 2.24) is 10.6 Å². The summed E-state index contributed by atoms with van der Waals surface area (Å²) in [5.41, 5.74) is 1.40. The summed E-state index contributed by atoms with van der Waals surface area (Å²) in [5.74, 6) is 0. The molecule has 0 unspecified atom stereocenters. The van der Waals surface area contributed by atoms with Gasteiger partial charge in [0.2, 0.25) is 0 Å². The van der Waals surface area contributed by atoms with Crippen molar-refractivity contribution in [2.75, 3.05) is 13.2 Å². The zero-order chi connectivity index (χ0) is 11.7. The van der Waals surface area contributed by atoms with Crippen LogP contribution in [0, 0.1) is 0 Å². The molecule has 2 bridgehead atoms. The molecule has 3 N–H and O–H groups in total. The molecule has 17 heavy (non-hydrogen) atoms. The van der Waals surface area contributed by atoms with Gasteiger partial charge in [-0.05, 0) is 24.8 Å². The number of nitrogens with one attached hydrogen (secondary N) is 2. The van der Waals surface area contributed by atoms with E-state index >= 15 is 0 Å². The second kappa shape index (κ2) is 4.41. The molecule has 0 saturated carbocycles. The lowest BCUT2D eigenvalue weighted by atomic mass is 9.82. The van der Waals surface area contributed by atoms with Crippen LogP contribution in [0.1, 0.15) is 18.4 Å². The summed E-state index contributed by atoms with van der Waals surface area (Å²) >= 11 is 0. The molecule has 0 radical (unpaired) electrons. The Bertz CT molecular complexity index is 381. The molecule has 2 heterocycles. The van der Waals surface area contributed by atoms with Crippen LogP contribution < -0.4 is 10.6 Å². The highest BCUT2D eigenvalue weighted by atomic mass is 16.3. The Morgan fingerprint density at radius 1 is 1.29 bits per heavy atom. The summed E-state index contributed by atoms with van der Waals surface area (Å²) in [6, 6.07) is 11.3. The van der Waals surface area contributed by atoms with Crippen LogP contribution in [0.3, 0.4) is 0 Å². The first-order chi connectivity index (χ1) is 8.32. The molecule has 0 amide bonds. The Morgan fingerprint density at radius 3 is 2.88 bits per heavy atom. The SMILES string of the molecule is OC[C@H]1NC[C@@H]2CC[C@]1(Cc1ccccc1)N2. The summed E-state index contributed by atoms with van der Waals surface area (Å²) in [6.07, 6.45) is 3.38. The highest BCUT2D eigenvalue weighted by molar-refractivity contribution is 5.22. The van der Waals surface area contributed by atoms with E-state index in [1.54, 1.807) is 0 Å². The van der Waals surface area contributed by atoms with Gasteiger partial charge in [0.15, 0.2) is 0 Å². The third-order valence-electron chi connectivity index (χ3n) is 4.25. The largest absolute Gasteiger partial charge is 0.395 e. The maximum Gasteiger partial charge on any atom is 0.0602 e. The number of benzene rings is 1. The molecule has 0 aliphatic carbocycles. The van der Waals surface area contributed by atoms with E-state index in [0.717, 1.165) is 19.4 Å². The molecule has 2 fully saturated rings. The van der Waals surface area contributed by atoms with Gasteiger partial charge >= 0.3 is 0 Å². The fourth-order valence-corrected chi connectivity index (χ4v) is 3.35. The van der Waals surface area contributed by atoms with Crippen molar-refractivity contribution in [3.05, 3.63) is 35.9 Å². The van der Waals surface area contributed by atoms with Crippen molar-refractivity contribution in [2.45, 2.75) is 36.9 Å². The molecule has 2 aliphatic rings. The minimum Gasteiger partial charge on any atom is -0.395 e. The molecule has 3 atom stereocenters. The van der Waals surface area contributed by atoms with E-state index in [1.165, 1.54) is 12.0 Å². The summed E-state index contributed by atoms with van der Waals surface area (Å²) in [5, 5.41) is 16.8. The van der Waals surface area contributed by atoms with Gasteiger partial charge in [0.1, 0.15) is 0 Å². The zero-order valence-corrected chi connectivity index (χ0v) is 10.0. The van der Waals surface area contributed by atoms with Gasteiger partial charge in [-0.15, -0.1) is 0 Å². The molecule has 3 nitrogen and oxygen atoms in total. The van der Waals surface area contributed by atoms with Gasteiger partial charge in [-0.2, -0.15) is 0 Å². The second-order valence-electron chi connectivity index (χ2n) is 5.34. The molecule has 2 saturated heterocycles. The Hall–Kier alpha value is -0.900. The van der Waals surface area contributed by atoms with Gasteiger partial charge in [0, 0.05) is 24.2 Å². The van der Waals surface area contributed by atoms with Crippen LogP contribution in [0.5, 0.6) is 0 Å². The van der Waals surface area contributed by atoms with E-state index in [-0.39, 0.29) is 18.2 Å². The number of fused-ring (bicyclic) bond motifs is 2. The maximum absolute atomic E-state index is 9.55. The van der Waals surface area contributed by atoms with Gasteiger partial charge in [-0.25, -0.2) is 0 Å². The predicted octanol–water partition coefficient (Wildman–Crippen LogP) is 0.684. The molecule has 2 aliphatic heterocycles. The standard InChI is InChI=1S/C14H20N2O/c17-10-13-14(7-6-12(16-14)9-15-13)8-11-4-2-1-3-5-11/h1-5,12-13,15-17H,6-10H2/t12-,13+,14+/m0/s1. The molecule has 3 heteroatoms. The van der Waals surface area contributed by atoms with Crippen molar-refractivity contribution >= 4 is 0 Å². The van der Waals surface area contributed by atoms with Crippen LogP contribution in [-0.4, -0.2) is 35.9 Å². The highest BCUT2D eigenvalue weighted by Crippen LogP contribution is 2.33. The molecular formula is C14H20N2O. The van der Waals surface area contributed by atoms with Crippen LogP contribution >= 0.6 is 0 Å². The average Bonchev–Trinajstić information content (AvgIpc) is 2.69. The number of hydrogen-bond donors (Lipinski definition) is 3. The normalized spacial score (nSPS) is 36.1. The number of hydrogen-bond acceptors (Lipinski definition) is 3. The lowest BCUT2D eigenvalue weighted by molar-refractivity contribution is 0.136. The van der Waals surface area contributed by atoms with Crippen LogP contribution in [0.2, 0.25) is 0 Å². The minimum atomic E-state index is 0.0546. The predicted molar refractivity (Wildman–Crippen MR) is 67.9 cm³/mol. The van der Waals surface area contributed by atoms with Crippen molar-refractivity contribution in [2.24, 2.45) is 0 Å². The number of aliphatic hydroxyl groups excluding tert-OH is 1. The third-order valence-corrected chi connectivity index (χ3v) is 4.25. The van der Waals surface area contributed by atoms with E-state index in [0.29, 0.717) is 6.04 Å². The summed E-state index contributed by atoms with van der Waals surface area (Å²) < 4.78 is 0. The number of piperazine rings is 1. The molecule has 0 aromatic heterocycles. The van der Waals surface area contributed by atoms with Crippen LogP contribution in [0.15, 0.2) is 30.3 Å². The molecule has 92 valence electrons. The van der Waals surface area contributed by atoms with Crippen LogP contribution in [-0.2, 0) is 6.42 Å².